The number of nitrogens with one attached hydrogen (secondary N) is 1. The molecule has 3 atom stereocenters. The van der Waals surface area contributed by atoms with E-state index in [0.717, 1.165) is 25.5 Å². The number of allylic oxidation sites excluding steroid dienone is 1. The van der Waals surface area contributed by atoms with Crippen LogP contribution in [0.4, 0.5) is 0 Å². The van der Waals surface area contributed by atoms with Crippen molar-refractivity contribution < 1.29 is 34.1 Å². The lowest BCUT2D eigenvalue weighted by Gasteiger charge is -2.58. The summed E-state index contributed by atoms with van der Waals surface area (Å²) in [5.41, 5.74) is 0.824. The third kappa shape index (κ3) is 6.96. The van der Waals surface area contributed by atoms with Gasteiger partial charge in [-0.1, -0.05) is 13.0 Å². The summed E-state index contributed by atoms with van der Waals surface area (Å²) in [4.78, 5) is 40.4. The highest BCUT2D eigenvalue weighted by molar-refractivity contribution is 14.1. The Labute approximate surface area is 267 Å². The minimum Gasteiger partial charge on any atom is -0.493 e. The second-order valence-electron chi connectivity index (χ2n) is 12.9. The van der Waals surface area contributed by atoms with Crippen LogP contribution in [0.3, 0.4) is 0 Å². The van der Waals surface area contributed by atoms with Gasteiger partial charge in [0, 0.05) is 30.6 Å². The van der Waals surface area contributed by atoms with Crippen molar-refractivity contribution in [1.29, 1.82) is 0 Å². The van der Waals surface area contributed by atoms with Crippen molar-refractivity contribution in [2.45, 2.75) is 76.5 Å². The molecule has 0 aromatic heterocycles. The maximum atomic E-state index is 13.9. The van der Waals surface area contributed by atoms with Gasteiger partial charge in [-0.05, 0) is 115 Å². The second-order valence-corrected chi connectivity index (χ2v) is 14.0. The summed E-state index contributed by atoms with van der Waals surface area (Å²) in [5.74, 6) is 2.23. The van der Waals surface area contributed by atoms with Gasteiger partial charge < -0.3 is 29.9 Å². The number of hydrogen-bond acceptors (Lipinski definition) is 7. The van der Waals surface area contributed by atoms with E-state index >= 15 is 0 Å². The Kier molecular flexibility index (Phi) is 10.2. The van der Waals surface area contributed by atoms with Crippen molar-refractivity contribution in [2.75, 3.05) is 26.8 Å². The third-order valence-electron chi connectivity index (χ3n) is 9.71. The molecule has 3 N–H and O–H groups in total. The maximum Gasteiger partial charge on any atom is 0.247 e. The SMILES string of the molecule is CCC=CC(=O)N(CC12CC3CC(CC(C3)C1)C2)[C@@H]1CC(C(=O)NCCO)=C[C@H](Oc2c(I)cc(C=O)cc2OC)[C@H]1O. The molecule has 4 saturated carbocycles. The van der Waals surface area contributed by atoms with Gasteiger partial charge in [0.1, 0.15) is 18.5 Å². The monoisotopic (exact) mass is 706 g/mol. The first-order chi connectivity index (χ1) is 20.7. The largest absolute Gasteiger partial charge is 0.493 e. The van der Waals surface area contributed by atoms with Crippen LogP contribution in [0.5, 0.6) is 11.5 Å². The predicted molar refractivity (Wildman–Crippen MR) is 170 cm³/mol. The van der Waals surface area contributed by atoms with E-state index in [1.165, 1.54) is 26.4 Å². The van der Waals surface area contributed by atoms with E-state index in [0.29, 0.717) is 56.9 Å². The number of nitrogens with zero attached hydrogens (tertiary/aromatic N) is 1. The topological polar surface area (TPSA) is 125 Å². The summed E-state index contributed by atoms with van der Waals surface area (Å²) in [6.07, 6.45) is 11.7. The van der Waals surface area contributed by atoms with Gasteiger partial charge >= 0.3 is 0 Å². The number of aliphatic hydroxyl groups is 2. The number of halogens is 1. The highest BCUT2D eigenvalue weighted by Gasteiger charge is 2.53. The molecule has 2 amide bonds. The van der Waals surface area contributed by atoms with Crippen molar-refractivity contribution in [3.63, 3.8) is 0 Å². The first-order valence-corrected chi connectivity index (χ1v) is 16.5. The van der Waals surface area contributed by atoms with Crippen LogP contribution in [-0.4, -0.2) is 78.3 Å². The van der Waals surface area contributed by atoms with Crippen LogP contribution in [0.2, 0.25) is 0 Å². The fraction of sp³-hybridized carbons (Fsp3) is 0.606. The van der Waals surface area contributed by atoms with E-state index in [2.05, 4.69) is 27.9 Å². The van der Waals surface area contributed by atoms with Crippen LogP contribution in [0.15, 0.2) is 35.9 Å². The number of ether oxygens (including phenoxy) is 2. The molecule has 5 aliphatic rings. The highest BCUT2D eigenvalue weighted by atomic mass is 127. The number of methoxy groups -OCH3 is 1. The van der Waals surface area contributed by atoms with E-state index in [-0.39, 0.29) is 36.8 Å². The van der Waals surface area contributed by atoms with E-state index in [1.807, 2.05) is 17.9 Å². The van der Waals surface area contributed by atoms with Crippen molar-refractivity contribution in [3.05, 3.63) is 45.1 Å². The van der Waals surface area contributed by atoms with Gasteiger partial charge in [0.2, 0.25) is 11.8 Å². The Morgan fingerprint density at radius 1 is 1.16 bits per heavy atom. The van der Waals surface area contributed by atoms with Crippen molar-refractivity contribution in [3.8, 4) is 11.5 Å². The molecule has 1 aromatic rings. The molecule has 0 spiro atoms. The van der Waals surface area contributed by atoms with Crippen LogP contribution in [0, 0.1) is 26.7 Å². The number of aliphatic hydroxyl groups excluding tert-OH is 2. The average Bonchev–Trinajstić information content (AvgIpc) is 2.98. The fourth-order valence-electron chi connectivity index (χ4n) is 8.36. The van der Waals surface area contributed by atoms with E-state index < -0.39 is 18.2 Å². The molecule has 234 valence electrons. The summed E-state index contributed by atoms with van der Waals surface area (Å²) in [6, 6.07) is 2.52. The van der Waals surface area contributed by atoms with Gasteiger partial charge in [-0.25, -0.2) is 0 Å². The molecule has 4 bridgehead atoms. The van der Waals surface area contributed by atoms with E-state index in [4.69, 9.17) is 9.47 Å². The predicted octanol–water partition coefficient (Wildman–Crippen LogP) is 4.04. The van der Waals surface area contributed by atoms with E-state index in [1.54, 1.807) is 24.3 Å². The molecular weight excluding hydrogens is 663 g/mol. The van der Waals surface area contributed by atoms with Gasteiger partial charge in [-0.3, -0.25) is 14.4 Å². The Morgan fingerprint density at radius 3 is 2.42 bits per heavy atom. The summed E-state index contributed by atoms with van der Waals surface area (Å²) >= 11 is 2.05. The Balaban J connectivity index is 1.50. The zero-order valence-electron chi connectivity index (χ0n) is 25.0. The van der Waals surface area contributed by atoms with Gasteiger partial charge in [0.15, 0.2) is 11.5 Å². The second kappa shape index (κ2) is 13.7. The van der Waals surface area contributed by atoms with Gasteiger partial charge in [-0.2, -0.15) is 0 Å². The number of hydrogen-bond donors (Lipinski definition) is 3. The minimum atomic E-state index is -1.13. The van der Waals surface area contributed by atoms with Crippen LogP contribution in [0.25, 0.3) is 0 Å². The number of benzene rings is 1. The number of carbonyl (C=O) groups excluding carboxylic acids is 3. The number of aldehydes is 1. The standard InChI is InChI=1S/C33H43IN2O7/c1-3-4-5-29(39)36(19-33-15-20-8-21(16-33)10-22(9-20)17-33)26-13-24(32(41)35-6-7-37)14-27(30(26)40)43-31-25(34)11-23(18-38)12-28(31)42-2/h4-5,11-12,14,18,20-22,26-27,30,37,40H,3,6-10,13,15-17,19H2,1-2H3,(H,35,41)/t20?,21?,22?,26-,27+,30+,33?/m1/s1. The molecule has 0 unspecified atom stereocenters. The molecule has 9 nitrogen and oxygen atoms in total. The lowest BCUT2D eigenvalue weighted by atomic mass is 9.49. The molecule has 4 fully saturated rings. The van der Waals surface area contributed by atoms with E-state index in [9.17, 15) is 24.6 Å². The zero-order chi connectivity index (χ0) is 30.7. The van der Waals surface area contributed by atoms with Crippen LogP contribution in [0.1, 0.15) is 68.6 Å². The minimum absolute atomic E-state index is 0.0181. The van der Waals surface area contributed by atoms with Crippen LogP contribution < -0.4 is 14.8 Å². The van der Waals surface area contributed by atoms with Gasteiger partial charge in [-0.15, -0.1) is 0 Å². The smallest absolute Gasteiger partial charge is 0.247 e. The normalized spacial score (nSPS) is 31.0. The summed E-state index contributed by atoms with van der Waals surface area (Å²) in [7, 11) is 1.47. The van der Waals surface area contributed by atoms with Crippen molar-refractivity contribution >= 4 is 40.7 Å². The maximum absolute atomic E-state index is 13.9. The van der Waals surface area contributed by atoms with Gasteiger partial charge in [0.05, 0.1) is 23.3 Å². The Morgan fingerprint density at radius 2 is 1.84 bits per heavy atom. The summed E-state index contributed by atoms with van der Waals surface area (Å²) < 4.78 is 12.5. The molecule has 1 aromatic carbocycles. The summed E-state index contributed by atoms with van der Waals surface area (Å²) in [6.45, 7) is 2.40. The lowest BCUT2D eigenvalue weighted by Crippen LogP contribution is -2.59. The van der Waals surface area contributed by atoms with Gasteiger partial charge in [0.25, 0.3) is 0 Å². The van der Waals surface area contributed by atoms with Crippen molar-refractivity contribution in [2.24, 2.45) is 23.2 Å². The third-order valence-corrected chi connectivity index (χ3v) is 10.5. The number of rotatable bonds is 12. The number of amides is 2. The molecule has 5 aliphatic carbocycles. The summed E-state index contributed by atoms with van der Waals surface area (Å²) in [5, 5.41) is 24.0. The Hall–Kier alpha value is -2.44. The van der Waals surface area contributed by atoms with Crippen LogP contribution in [-0.2, 0) is 9.59 Å². The molecule has 0 saturated heterocycles. The number of carbonyl (C=O) groups is 3. The molecular formula is C33H43IN2O7. The molecule has 0 aliphatic heterocycles. The zero-order valence-corrected chi connectivity index (χ0v) is 27.1. The fourth-order valence-corrected chi connectivity index (χ4v) is 9.11. The first kappa shape index (κ1) is 32.0. The average molecular weight is 707 g/mol. The first-order valence-electron chi connectivity index (χ1n) is 15.4. The Bertz CT molecular complexity index is 1240. The molecule has 0 heterocycles. The molecule has 43 heavy (non-hydrogen) atoms. The van der Waals surface area contributed by atoms with Crippen molar-refractivity contribution in [1.82, 2.24) is 10.2 Å². The lowest BCUT2D eigenvalue weighted by molar-refractivity contribution is -0.142. The van der Waals surface area contributed by atoms with Crippen LogP contribution >= 0.6 is 22.6 Å². The molecule has 10 heteroatoms. The quantitative estimate of drug-likeness (QED) is 0.170. The molecule has 0 radical (unpaired) electrons. The highest BCUT2D eigenvalue weighted by Crippen LogP contribution is 2.60. The molecule has 6 rings (SSSR count).